The third-order valence-corrected chi connectivity index (χ3v) is 5.40. The molecule has 0 radical (unpaired) electrons. The molecule has 2 amide bonds. The highest BCUT2D eigenvalue weighted by molar-refractivity contribution is 5.86. The van der Waals surface area contributed by atoms with E-state index in [0.29, 0.717) is 31.8 Å². The molecule has 6 nitrogen and oxygen atoms in total. The molecule has 6 heteroatoms. The number of hydrogen-bond donors (Lipinski definition) is 0. The van der Waals surface area contributed by atoms with Crippen molar-refractivity contribution >= 4 is 11.8 Å². The van der Waals surface area contributed by atoms with E-state index in [2.05, 4.69) is 17.1 Å². The highest BCUT2D eigenvalue weighted by Gasteiger charge is 2.33. The van der Waals surface area contributed by atoms with Crippen molar-refractivity contribution in [2.24, 2.45) is 0 Å². The first kappa shape index (κ1) is 17.8. The zero-order chi connectivity index (χ0) is 18.6. The maximum absolute atomic E-state index is 12.8. The van der Waals surface area contributed by atoms with Crippen LogP contribution in [0.2, 0.25) is 0 Å². The van der Waals surface area contributed by atoms with Gasteiger partial charge in [0, 0.05) is 25.9 Å². The van der Waals surface area contributed by atoms with Crippen LogP contribution in [0.5, 0.6) is 0 Å². The summed E-state index contributed by atoms with van der Waals surface area (Å²) in [5.41, 5.74) is 1.17. The molecule has 142 valence electrons. The molecule has 1 aromatic carbocycles. The molecule has 2 saturated heterocycles. The Bertz CT molecular complexity index is 802. The topological polar surface area (TPSA) is 66.7 Å². The summed E-state index contributed by atoms with van der Waals surface area (Å²) in [6, 6.07) is 10.00. The van der Waals surface area contributed by atoms with E-state index in [-0.39, 0.29) is 24.4 Å². The molecule has 2 fully saturated rings. The van der Waals surface area contributed by atoms with Gasteiger partial charge in [0.05, 0.1) is 12.7 Å². The summed E-state index contributed by atoms with van der Waals surface area (Å²) in [4.78, 5) is 32.7. The molecule has 1 unspecified atom stereocenters. The van der Waals surface area contributed by atoms with E-state index in [1.54, 1.807) is 11.1 Å². The van der Waals surface area contributed by atoms with Crippen LogP contribution in [0.1, 0.15) is 55.4 Å². The maximum atomic E-state index is 12.8. The average molecular weight is 367 g/mol. The third-order valence-electron chi connectivity index (χ3n) is 5.40. The Morgan fingerprint density at radius 1 is 1.15 bits per heavy atom. The summed E-state index contributed by atoms with van der Waals surface area (Å²) in [7, 11) is 0. The first-order chi connectivity index (χ1) is 13.2. The van der Waals surface area contributed by atoms with Gasteiger partial charge in [-0.1, -0.05) is 30.3 Å². The number of oxazole rings is 1. The van der Waals surface area contributed by atoms with Crippen molar-refractivity contribution in [1.82, 2.24) is 14.8 Å². The van der Waals surface area contributed by atoms with Crippen molar-refractivity contribution in [3.8, 4) is 0 Å². The zero-order valence-corrected chi connectivity index (χ0v) is 15.5. The standard InChI is InChI=1S/C21H25N3O3/c25-19-10-6-11-23(19)15-20(26)24-12-5-4-9-18(24)21-22-14-17(27-21)13-16-7-2-1-3-8-16/h1-3,7-8,14,18H,4-6,9-13,15H2. The number of hydrogen-bond acceptors (Lipinski definition) is 4. The molecule has 0 aliphatic carbocycles. The number of carbonyl (C=O) groups excluding carboxylic acids is 2. The number of rotatable bonds is 5. The third kappa shape index (κ3) is 4.04. The van der Waals surface area contributed by atoms with Crippen LogP contribution in [0, 0.1) is 0 Å². The minimum atomic E-state index is -0.131. The number of amides is 2. The van der Waals surface area contributed by atoms with E-state index in [4.69, 9.17) is 4.42 Å². The van der Waals surface area contributed by atoms with Gasteiger partial charge in [-0.15, -0.1) is 0 Å². The van der Waals surface area contributed by atoms with Crippen LogP contribution in [0.4, 0.5) is 0 Å². The van der Waals surface area contributed by atoms with E-state index >= 15 is 0 Å². The Morgan fingerprint density at radius 3 is 2.78 bits per heavy atom. The van der Waals surface area contributed by atoms with Crippen molar-refractivity contribution in [3.05, 3.63) is 53.7 Å². The average Bonchev–Trinajstić information content (AvgIpc) is 3.32. The lowest BCUT2D eigenvalue weighted by Gasteiger charge is -2.34. The highest BCUT2D eigenvalue weighted by Crippen LogP contribution is 2.31. The van der Waals surface area contributed by atoms with E-state index in [9.17, 15) is 9.59 Å². The summed E-state index contributed by atoms with van der Waals surface area (Å²) < 4.78 is 6.01. The lowest BCUT2D eigenvalue weighted by molar-refractivity contribution is -0.141. The number of carbonyl (C=O) groups is 2. The summed E-state index contributed by atoms with van der Waals surface area (Å²) in [6.45, 7) is 1.55. The van der Waals surface area contributed by atoms with Crippen LogP contribution in [-0.2, 0) is 16.0 Å². The molecule has 1 atom stereocenters. The Kier molecular flexibility index (Phi) is 5.23. The van der Waals surface area contributed by atoms with Crippen molar-refractivity contribution in [3.63, 3.8) is 0 Å². The molecule has 0 spiro atoms. The van der Waals surface area contributed by atoms with Gasteiger partial charge < -0.3 is 14.2 Å². The first-order valence-electron chi connectivity index (χ1n) is 9.76. The van der Waals surface area contributed by atoms with Crippen LogP contribution < -0.4 is 0 Å². The SMILES string of the molecule is O=C1CCCN1CC(=O)N1CCCCC1c1ncc(Cc2ccccc2)o1. The van der Waals surface area contributed by atoms with Gasteiger partial charge >= 0.3 is 0 Å². The number of benzene rings is 1. The minimum Gasteiger partial charge on any atom is -0.443 e. The van der Waals surface area contributed by atoms with E-state index < -0.39 is 0 Å². The molecule has 0 saturated carbocycles. The second-order valence-electron chi connectivity index (χ2n) is 7.34. The van der Waals surface area contributed by atoms with Crippen molar-refractivity contribution in [2.45, 2.75) is 44.6 Å². The van der Waals surface area contributed by atoms with Crippen LogP contribution in [0.25, 0.3) is 0 Å². The van der Waals surface area contributed by atoms with Crippen LogP contribution >= 0.6 is 0 Å². The lowest BCUT2D eigenvalue weighted by atomic mass is 10.0. The molecular weight excluding hydrogens is 342 g/mol. The van der Waals surface area contributed by atoms with Gasteiger partial charge in [-0.05, 0) is 31.2 Å². The van der Waals surface area contributed by atoms with E-state index in [1.165, 1.54) is 5.56 Å². The summed E-state index contributed by atoms with van der Waals surface area (Å²) >= 11 is 0. The van der Waals surface area contributed by atoms with Gasteiger partial charge in [0.2, 0.25) is 17.7 Å². The number of piperidine rings is 1. The molecule has 0 bridgehead atoms. The molecular formula is C21H25N3O3. The smallest absolute Gasteiger partial charge is 0.242 e. The highest BCUT2D eigenvalue weighted by atomic mass is 16.4. The van der Waals surface area contributed by atoms with Gasteiger partial charge in [-0.25, -0.2) is 4.98 Å². The van der Waals surface area contributed by atoms with Gasteiger partial charge in [0.25, 0.3) is 0 Å². The molecule has 2 aromatic rings. The minimum absolute atomic E-state index is 0.00207. The summed E-state index contributed by atoms with van der Waals surface area (Å²) in [5.74, 6) is 1.50. The first-order valence-corrected chi connectivity index (χ1v) is 9.76. The molecule has 27 heavy (non-hydrogen) atoms. The molecule has 3 heterocycles. The normalized spacial score (nSPS) is 20.3. The van der Waals surface area contributed by atoms with Gasteiger partial charge in [-0.3, -0.25) is 9.59 Å². The van der Waals surface area contributed by atoms with Gasteiger partial charge in [0.15, 0.2) is 0 Å². The van der Waals surface area contributed by atoms with Crippen molar-refractivity contribution in [1.29, 1.82) is 0 Å². The Morgan fingerprint density at radius 2 is 2.00 bits per heavy atom. The lowest BCUT2D eigenvalue weighted by Crippen LogP contribution is -2.44. The summed E-state index contributed by atoms with van der Waals surface area (Å²) in [5, 5.41) is 0. The van der Waals surface area contributed by atoms with Crippen LogP contribution in [-0.4, -0.2) is 46.2 Å². The predicted molar refractivity (Wildman–Crippen MR) is 99.9 cm³/mol. The number of aromatic nitrogens is 1. The number of likely N-dealkylation sites (tertiary alicyclic amines) is 2. The molecule has 0 N–H and O–H groups in total. The summed E-state index contributed by atoms with van der Waals surface area (Å²) in [6.07, 6.45) is 6.74. The van der Waals surface area contributed by atoms with Crippen LogP contribution in [0.3, 0.4) is 0 Å². The molecule has 2 aliphatic heterocycles. The van der Waals surface area contributed by atoms with E-state index in [1.807, 2.05) is 23.1 Å². The van der Waals surface area contributed by atoms with Gasteiger partial charge in [-0.2, -0.15) is 0 Å². The second-order valence-corrected chi connectivity index (χ2v) is 7.34. The van der Waals surface area contributed by atoms with Crippen molar-refractivity contribution < 1.29 is 14.0 Å². The Balaban J connectivity index is 1.46. The Hall–Kier alpha value is -2.63. The maximum Gasteiger partial charge on any atom is 0.242 e. The molecule has 2 aliphatic rings. The predicted octanol–water partition coefficient (Wildman–Crippen LogP) is 2.94. The second kappa shape index (κ2) is 7.94. The molecule has 4 rings (SSSR count). The fourth-order valence-electron chi connectivity index (χ4n) is 3.97. The fourth-order valence-corrected chi connectivity index (χ4v) is 3.97. The monoisotopic (exact) mass is 367 g/mol. The van der Waals surface area contributed by atoms with Crippen molar-refractivity contribution in [2.75, 3.05) is 19.6 Å². The number of nitrogens with zero attached hydrogens (tertiary/aromatic N) is 3. The van der Waals surface area contributed by atoms with E-state index in [0.717, 1.165) is 31.4 Å². The Labute approximate surface area is 159 Å². The van der Waals surface area contributed by atoms with Gasteiger partial charge in [0.1, 0.15) is 11.8 Å². The largest absolute Gasteiger partial charge is 0.443 e. The van der Waals surface area contributed by atoms with Crippen LogP contribution in [0.15, 0.2) is 40.9 Å². The zero-order valence-electron chi connectivity index (χ0n) is 15.5. The molecule has 1 aromatic heterocycles. The quantitative estimate of drug-likeness (QED) is 0.815. The fraction of sp³-hybridized carbons (Fsp3) is 0.476.